The molecule has 0 radical (unpaired) electrons. The summed E-state index contributed by atoms with van der Waals surface area (Å²) in [6.07, 6.45) is 3.09. The average Bonchev–Trinajstić information content (AvgIpc) is 2.73. The van der Waals surface area contributed by atoms with Crippen LogP contribution in [0.2, 0.25) is 0 Å². The molecule has 0 aliphatic rings. The molecule has 2 N–H and O–H groups in total. The van der Waals surface area contributed by atoms with Gasteiger partial charge in [0, 0.05) is 24.3 Å². The second-order valence-corrected chi connectivity index (χ2v) is 5.73. The van der Waals surface area contributed by atoms with E-state index < -0.39 is 5.91 Å². The standard InChI is InChI=1S/C21H18N4O2/c1-27-18-9-7-15(8-10-18)13-25-21(26)17(12-22)14-24-19-6-2-4-16-5-3-11-23-20(16)19/h2-11,14,24H,13H2,1H3,(H,25,26)/b17-14-. The van der Waals surface area contributed by atoms with Crippen molar-refractivity contribution in [2.75, 3.05) is 12.4 Å². The first-order valence-corrected chi connectivity index (χ1v) is 8.33. The summed E-state index contributed by atoms with van der Waals surface area (Å²) in [4.78, 5) is 16.6. The van der Waals surface area contributed by atoms with E-state index >= 15 is 0 Å². The van der Waals surface area contributed by atoms with Gasteiger partial charge in [-0.3, -0.25) is 9.78 Å². The Labute approximate surface area is 157 Å². The van der Waals surface area contributed by atoms with E-state index in [1.807, 2.05) is 60.7 Å². The van der Waals surface area contributed by atoms with Crippen LogP contribution in [0.15, 0.2) is 72.6 Å². The predicted octanol–water partition coefficient (Wildman–Crippen LogP) is 3.38. The number of rotatable bonds is 6. The normalized spacial score (nSPS) is 10.9. The fourth-order valence-corrected chi connectivity index (χ4v) is 2.54. The summed E-state index contributed by atoms with van der Waals surface area (Å²) in [7, 11) is 1.60. The summed E-state index contributed by atoms with van der Waals surface area (Å²) >= 11 is 0. The Bertz CT molecular complexity index is 1020. The molecule has 6 nitrogen and oxygen atoms in total. The number of pyridine rings is 1. The number of nitrogens with one attached hydrogen (secondary N) is 2. The summed E-state index contributed by atoms with van der Waals surface area (Å²) < 4.78 is 5.10. The largest absolute Gasteiger partial charge is 0.497 e. The lowest BCUT2D eigenvalue weighted by Gasteiger charge is -2.07. The number of carbonyl (C=O) groups excluding carboxylic acids is 1. The molecular formula is C21H18N4O2. The fraction of sp³-hybridized carbons (Fsp3) is 0.0952. The molecule has 0 bridgehead atoms. The van der Waals surface area contributed by atoms with Crippen molar-refractivity contribution in [1.82, 2.24) is 10.3 Å². The Morgan fingerprint density at radius 3 is 2.70 bits per heavy atom. The van der Waals surface area contributed by atoms with Crippen molar-refractivity contribution >= 4 is 22.5 Å². The molecule has 2 aromatic carbocycles. The third kappa shape index (κ3) is 4.41. The third-order valence-electron chi connectivity index (χ3n) is 3.98. The van der Waals surface area contributed by atoms with Gasteiger partial charge in [0.1, 0.15) is 17.4 Å². The summed E-state index contributed by atoms with van der Waals surface area (Å²) in [5.74, 6) is 0.296. The van der Waals surface area contributed by atoms with Crippen molar-refractivity contribution in [2.24, 2.45) is 0 Å². The summed E-state index contributed by atoms with van der Waals surface area (Å²) in [6.45, 7) is 0.317. The summed E-state index contributed by atoms with van der Waals surface area (Å²) in [6, 6.07) is 18.7. The van der Waals surface area contributed by atoms with E-state index in [1.54, 1.807) is 13.3 Å². The minimum atomic E-state index is -0.450. The molecule has 1 amide bonds. The SMILES string of the molecule is COc1ccc(CNC(=O)/C(C#N)=C\Nc2cccc3cccnc23)cc1. The van der Waals surface area contributed by atoms with Crippen LogP contribution in [0.3, 0.4) is 0 Å². The van der Waals surface area contributed by atoms with E-state index in [0.717, 1.165) is 27.9 Å². The van der Waals surface area contributed by atoms with Gasteiger partial charge in [-0.05, 0) is 29.8 Å². The molecule has 0 aliphatic carbocycles. The van der Waals surface area contributed by atoms with Crippen LogP contribution in [0.4, 0.5) is 5.69 Å². The zero-order valence-corrected chi connectivity index (χ0v) is 14.8. The zero-order valence-electron chi connectivity index (χ0n) is 14.8. The van der Waals surface area contributed by atoms with Crippen LogP contribution >= 0.6 is 0 Å². The molecule has 0 aliphatic heterocycles. The van der Waals surface area contributed by atoms with Crippen molar-refractivity contribution < 1.29 is 9.53 Å². The highest BCUT2D eigenvalue weighted by Gasteiger charge is 2.09. The first kappa shape index (κ1) is 18.0. The van der Waals surface area contributed by atoms with E-state index in [9.17, 15) is 10.1 Å². The number of hydrogen-bond donors (Lipinski definition) is 2. The van der Waals surface area contributed by atoms with E-state index in [0.29, 0.717) is 6.54 Å². The molecular weight excluding hydrogens is 340 g/mol. The monoisotopic (exact) mass is 358 g/mol. The topological polar surface area (TPSA) is 87.0 Å². The van der Waals surface area contributed by atoms with Crippen molar-refractivity contribution in [3.63, 3.8) is 0 Å². The Morgan fingerprint density at radius 1 is 1.19 bits per heavy atom. The van der Waals surface area contributed by atoms with E-state index in [-0.39, 0.29) is 5.57 Å². The molecule has 134 valence electrons. The van der Waals surface area contributed by atoms with Crippen molar-refractivity contribution in [1.29, 1.82) is 5.26 Å². The smallest absolute Gasteiger partial charge is 0.263 e. The van der Waals surface area contributed by atoms with Gasteiger partial charge < -0.3 is 15.4 Å². The third-order valence-corrected chi connectivity index (χ3v) is 3.98. The maximum Gasteiger partial charge on any atom is 0.263 e. The minimum Gasteiger partial charge on any atom is -0.497 e. The lowest BCUT2D eigenvalue weighted by molar-refractivity contribution is -0.117. The Hall–Kier alpha value is -3.85. The van der Waals surface area contributed by atoms with Crippen molar-refractivity contribution in [3.05, 3.63) is 78.1 Å². The number of nitriles is 1. The summed E-state index contributed by atoms with van der Waals surface area (Å²) in [5.41, 5.74) is 2.39. The van der Waals surface area contributed by atoms with Crippen LogP contribution in [0.5, 0.6) is 5.75 Å². The van der Waals surface area contributed by atoms with E-state index in [1.165, 1.54) is 6.20 Å². The number of ether oxygens (including phenoxy) is 1. The second kappa shape index (κ2) is 8.50. The van der Waals surface area contributed by atoms with Gasteiger partial charge in [0.05, 0.1) is 18.3 Å². The number of benzene rings is 2. The van der Waals surface area contributed by atoms with Gasteiger partial charge in [0.15, 0.2) is 0 Å². The highest BCUT2D eigenvalue weighted by molar-refractivity contribution is 5.98. The number of nitrogens with zero attached hydrogens (tertiary/aromatic N) is 2. The van der Waals surface area contributed by atoms with Gasteiger partial charge in [-0.25, -0.2) is 0 Å². The van der Waals surface area contributed by atoms with Gasteiger partial charge in [0.25, 0.3) is 5.91 Å². The zero-order chi connectivity index (χ0) is 19.1. The van der Waals surface area contributed by atoms with Gasteiger partial charge in [-0.1, -0.05) is 30.3 Å². The first-order valence-electron chi connectivity index (χ1n) is 8.33. The lowest BCUT2D eigenvalue weighted by atomic mass is 10.2. The van der Waals surface area contributed by atoms with Crippen LogP contribution in [0, 0.1) is 11.3 Å². The molecule has 3 rings (SSSR count). The van der Waals surface area contributed by atoms with Gasteiger partial charge in [-0.2, -0.15) is 5.26 Å². The quantitative estimate of drug-likeness (QED) is 0.521. The molecule has 1 aromatic heterocycles. The van der Waals surface area contributed by atoms with Crippen LogP contribution < -0.4 is 15.4 Å². The van der Waals surface area contributed by atoms with Gasteiger partial charge in [-0.15, -0.1) is 0 Å². The maximum absolute atomic E-state index is 12.3. The number of carbonyl (C=O) groups is 1. The fourth-order valence-electron chi connectivity index (χ4n) is 2.54. The number of amides is 1. The molecule has 0 fully saturated rings. The van der Waals surface area contributed by atoms with Crippen molar-refractivity contribution in [2.45, 2.75) is 6.54 Å². The molecule has 1 heterocycles. The van der Waals surface area contributed by atoms with Crippen LogP contribution in [0.25, 0.3) is 10.9 Å². The number of anilines is 1. The molecule has 0 saturated carbocycles. The highest BCUT2D eigenvalue weighted by atomic mass is 16.5. The predicted molar refractivity (Wildman–Crippen MR) is 104 cm³/mol. The summed E-state index contributed by atoms with van der Waals surface area (Å²) in [5, 5.41) is 16.0. The molecule has 6 heteroatoms. The molecule has 0 saturated heterocycles. The van der Waals surface area contributed by atoms with Gasteiger partial charge >= 0.3 is 0 Å². The molecule has 3 aromatic rings. The Kier molecular flexibility index (Phi) is 5.65. The Balaban J connectivity index is 1.68. The highest BCUT2D eigenvalue weighted by Crippen LogP contribution is 2.20. The first-order chi connectivity index (χ1) is 13.2. The molecule has 0 atom stereocenters. The number of methoxy groups -OCH3 is 1. The number of aromatic nitrogens is 1. The Morgan fingerprint density at radius 2 is 1.96 bits per heavy atom. The van der Waals surface area contributed by atoms with E-state index in [2.05, 4.69) is 15.6 Å². The molecule has 0 spiro atoms. The number of para-hydroxylation sites is 1. The maximum atomic E-state index is 12.3. The average molecular weight is 358 g/mol. The van der Waals surface area contributed by atoms with Crippen LogP contribution in [0.1, 0.15) is 5.56 Å². The number of fused-ring (bicyclic) bond motifs is 1. The van der Waals surface area contributed by atoms with Crippen molar-refractivity contribution in [3.8, 4) is 11.8 Å². The lowest BCUT2D eigenvalue weighted by Crippen LogP contribution is -2.24. The molecule has 27 heavy (non-hydrogen) atoms. The number of hydrogen-bond acceptors (Lipinski definition) is 5. The van der Waals surface area contributed by atoms with Crippen LogP contribution in [-0.4, -0.2) is 18.0 Å². The van der Waals surface area contributed by atoms with Crippen LogP contribution in [-0.2, 0) is 11.3 Å². The van der Waals surface area contributed by atoms with Gasteiger partial charge in [0.2, 0.25) is 0 Å². The minimum absolute atomic E-state index is 0.0172. The second-order valence-electron chi connectivity index (χ2n) is 5.73. The van der Waals surface area contributed by atoms with E-state index in [4.69, 9.17) is 4.74 Å². The molecule has 0 unspecified atom stereocenters.